The highest BCUT2D eigenvalue weighted by Crippen LogP contribution is 2.31. The Labute approximate surface area is 134 Å². The molecule has 3 rings (SSSR count). The van der Waals surface area contributed by atoms with Crippen molar-refractivity contribution in [3.63, 3.8) is 0 Å². The molecule has 0 atom stereocenters. The van der Waals surface area contributed by atoms with Gasteiger partial charge in [-0.25, -0.2) is 14.3 Å². The average molecular weight is 318 g/mol. The molecule has 0 aliphatic carbocycles. The van der Waals surface area contributed by atoms with Crippen molar-refractivity contribution < 1.29 is 14.6 Å². The Morgan fingerprint density at radius 2 is 2.00 bits per heavy atom. The molecule has 7 nitrogen and oxygen atoms in total. The third-order valence-corrected chi connectivity index (χ3v) is 3.96. The van der Waals surface area contributed by atoms with Crippen LogP contribution in [0.2, 0.25) is 0 Å². The van der Waals surface area contributed by atoms with Crippen LogP contribution < -0.4 is 0 Å². The summed E-state index contributed by atoms with van der Waals surface area (Å²) in [5.74, 6) is 0.398. The predicted molar refractivity (Wildman–Crippen MR) is 84.4 cm³/mol. The fourth-order valence-electron chi connectivity index (χ4n) is 2.87. The van der Waals surface area contributed by atoms with E-state index in [1.54, 1.807) is 21.8 Å². The number of amides is 1. The average Bonchev–Trinajstić information content (AvgIpc) is 2.88. The fourth-order valence-corrected chi connectivity index (χ4v) is 2.87. The van der Waals surface area contributed by atoms with E-state index in [9.17, 15) is 9.90 Å². The molecule has 0 saturated carbocycles. The molecule has 1 N–H and O–H groups in total. The van der Waals surface area contributed by atoms with Crippen LogP contribution in [0.5, 0.6) is 5.75 Å². The first-order valence-corrected chi connectivity index (χ1v) is 7.84. The molecule has 1 saturated heterocycles. The molecule has 2 aromatic heterocycles. The van der Waals surface area contributed by atoms with Crippen LogP contribution >= 0.6 is 0 Å². The highest BCUT2D eigenvalue weighted by Gasteiger charge is 2.29. The SMILES string of the molecule is CC(C)(C)OC(=O)N1CCC(c2cnn3cc(O)cnc23)CC1. The third kappa shape index (κ3) is 3.38. The molecule has 0 bridgehead atoms. The van der Waals surface area contributed by atoms with E-state index in [1.807, 2.05) is 20.8 Å². The van der Waals surface area contributed by atoms with E-state index in [0.717, 1.165) is 24.1 Å². The van der Waals surface area contributed by atoms with Crippen molar-refractivity contribution in [1.82, 2.24) is 19.5 Å². The minimum absolute atomic E-state index is 0.0897. The number of rotatable bonds is 1. The molecule has 2 aromatic rings. The highest BCUT2D eigenvalue weighted by molar-refractivity contribution is 5.68. The second kappa shape index (κ2) is 5.72. The smallest absolute Gasteiger partial charge is 0.410 e. The van der Waals surface area contributed by atoms with Crippen molar-refractivity contribution in [2.45, 2.75) is 45.1 Å². The quantitative estimate of drug-likeness (QED) is 0.874. The zero-order chi connectivity index (χ0) is 16.6. The lowest BCUT2D eigenvalue weighted by molar-refractivity contribution is 0.0205. The van der Waals surface area contributed by atoms with Crippen LogP contribution in [0.15, 0.2) is 18.6 Å². The normalized spacial score (nSPS) is 16.7. The van der Waals surface area contributed by atoms with Crippen LogP contribution in [0.1, 0.15) is 45.1 Å². The lowest BCUT2D eigenvalue weighted by Gasteiger charge is -2.33. The van der Waals surface area contributed by atoms with E-state index in [-0.39, 0.29) is 11.8 Å². The van der Waals surface area contributed by atoms with Gasteiger partial charge in [0.1, 0.15) is 5.60 Å². The first-order chi connectivity index (χ1) is 10.8. The Balaban J connectivity index is 1.67. The van der Waals surface area contributed by atoms with Crippen molar-refractivity contribution in [2.24, 2.45) is 0 Å². The number of hydrogen-bond donors (Lipinski definition) is 1. The molecule has 0 aromatic carbocycles. The van der Waals surface area contributed by atoms with E-state index in [2.05, 4.69) is 10.1 Å². The van der Waals surface area contributed by atoms with Crippen molar-refractivity contribution in [3.8, 4) is 5.75 Å². The maximum absolute atomic E-state index is 12.1. The number of carbonyl (C=O) groups is 1. The Hall–Kier alpha value is -2.31. The summed E-state index contributed by atoms with van der Waals surface area (Å²) in [5.41, 5.74) is 1.36. The topological polar surface area (TPSA) is 80.0 Å². The summed E-state index contributed by atoms with van der Waals surface area (Å²) in [5, 5.41) is 13.7. The molecule has 23 heavy (non-hydrogen) atoms. The molecule has 1 aliphatic rings. The zero-order valence-corrected chi connectivity index (χ0v) is 13.7. The Morgan fingerprint density at radius 3 is 2.65 bits per heavy atom. The van der Waals surface area contributed by atoms with Crippen LogP contribution in [0.4, 0.5) is 4.79 Å². The van der Waals surface area contributed by atoms with Crippen LogP contribution in [0, 0.1) is 0 Å². The molecule has 3 heterocycles. The summed E-state index contributed by atoms with van der Waals surface area (Å²) in [4.78, 5) is 18.1. The van der Waals surface area contributed by atoms with E-state index in [0.29, 0.717) is 19.0 Å². The van der Waals surface area contributed by atoms with E-state index in [1.165, 1.54) is 6.20 Å². The molecule has 1 fully saturated rings. The monoisotopic (exact) mass is 318 g/mol. The minimum Gasteiger partial charge on any atom is -0.505 e. The molecule has 0 radical (unpaired) electrons. The lowest BCUT2D eigenvalue weighted by atomic mass is 9.91. The molecule has 7 heteroatoms. The van der Waals surface area contributed by atoms with Gasteiger partial charge in [-0.3, -0.25) is 0 Å². The maximum Gasteiger partial charge on any atom is 0.410 e. The molecular formula is C16H22N4O3. The van der Waals surface area contributed by atoms with Crippen LogP contribution in [-0.2, 0) is 4.74 Å². The predicted octanol–water partition coefficient (Wildman–Crippen LogP) is 2.55. The summed E-state index contributed by atoms with van der Waals surface area (Å²) < 4.78 is 7.01. The number of likely N-dealkylation sites (tertiary alicyclic amines) is 1. The lowest BCUT2D eigenvalue weighted by Crippen LogP contribution is -2.41. The molecule has 124 valence electrons. The standard InChI is InChI=1S/C16H22N4O3/c1-16(2,3)23-15(22)19-6-4-11(5-7-19)13-9-18-20-10-12(21)8-17-14(13)20/h8-11,21H,4-7H2,1-3H3. The van der Waals surface area contributed by atoms with Gasteiger partial charge in [0.15, 0.2) is 11.4 Å². The first-order valence-electron chi connectivity index (χ1n) is 7.84. The van der Waals surface area contributed by atoms with Gasteiger partial charge in [-0.1, -0.05) is 0 Å². The number of aromatic hydroxyl groups is 1. The summed E-state index contributed by atoms with van der Waals surface area (Å²) in [7, 11) is 0. The van der Waals surface area contributed by atoms with Gasteiger partial charge < -0.3 is 14.7 Å². The van der Waals surface area contributed by atoms with Crippen LogP contribution in [0.25, 0.3) is 5.65 Å². The Bertz CT molecular complexity index is 712. The number of ether oxygens (including phenoxy) is 1. The van der Waals surface area contributed by atoms with Crippen molar-refractivity contribution in [1.29, 1.82) is 0 Å². The van der Waals surface area contributed by atoms with Gasteiger partial charge in [0, 0.05) is 18.7 Å². The summed E-state index contributed by atoms with van der Waals surface area (Å²) in [6.07, 6.45) is 6.22. The maximum atomic E-state index is 12.1. The molecule has 0 spiro atoms. The van der Waals surface area contributed by atoms with Gasteiger partial charge in [-0.05, 0) is 39.5 Å². The Morgan fingerprint density at radius 1 is 1.30 bits per heavy atom. The second-order valence-electron chi connectivity index (χ2n) is 6.92. The summed E-state index contributed by atoms with van der Waals surface area (Å²) in [6.45, 7) is 6.94. The fraction of sp³-hybridized carbons (Fsp3) is 0.562. The first kappa shape index (κ1) is 15.6. The zero-order valence-electron chi connectivity index (χ0n) is 13.7. The number of carbonyl (C=O) groups excluding carboxylic acids is 1. The molecule has 0 unspecified atom stereocenters. The largest absolute Gasteiger partial charge is 0.505 e. The van der Waals surface area contributed by atoms with Gasteiger partial charge in [0.2, 0.25) is 0 Å². The molecular weight excluding hydrogens is 296 g/mol. The molecule has 1 amide bonds. The van der Waals surface area contributed by atoms with Gasteiger partial charge in [-0.2, -0.15) is 5.10 Å². The third-order valence-electron chi connectivity index (χ3n) is 3.96. The number of nitrogens with zero attached hydrogens (tertiary/aromatic N) is 4. The van der Waals surface area contributed by atoms with Gasteiger partial charge >= 0.3 is 6.09 Å². The number of aromatic nitrogens is 3. The van der Waals surface area contributed by atoms with Crippen LogP contribution in [-0.4, -0.2) is 49.4 Å². The van der Waals surface area contributed by atoms with Gasteiger partial charge in [0.25, 0.3) is 0 Å². The summed E-state index contributed by atoms with van der Waals surface area (Å²) >= 11 is 0. The van der Waals surface area contributed by atoms with E-state index >= 15 is 0 Å². The van der Waals surface area contributed by atoms with E-state index < -0.39 is 5.60 Å². The van der Waals surface area contributed by atoms with Crippen LogP contribution in [0.3, 0.4) is 0 Å². The number of hydrogen-bond acceptors (Lipinski definition) is 5. The van der Waals surface area contributed by atoms with Gasteiger partial charge in [0.05, 0.1) is 18.6 Å². The molecule has 1 aliphatic heterocycles. The van der Waals surface area contributed by atoms with Crippen molar-refractivity contribution >= 4 is 11.7 Å². The van der Waals surface area contributed by atoms with E-state index in [4.69, 9.17) is 4.74 Å². The van der Waals surface area contributed by atoms with Gasteiger partial charge in [-0.15, -0.1) is 0 Å². The number of piperidine rings is 1. The second-order valence-corrected chi connectivity index (χ2v) is 6.92. The van der Waals surface area contributed by atoms with Crippen molar-refractivity contribution in [2.75, 3.05) is 13.1 Å². The summed E-state index contributed by atoms with van der Waals surface area (Å²) in [6, 6.07) is 0. The minimum atomic E-state index is -0.470. The Kier molecular flexibility index (Phi) is 3.87. The number of fused-ring (bicyclic) bond motifs is 1. The highest BCUT2D eigenvalue weighted by atomic mass is 16.6. The van der Waals surface area contributed by atoms with Crippen molar-refractivity contribution in [3.05, 3.63) is 24.2 Å².